The normalized spacial score (nSPS) is 20.0. The monoisotopic (exact) mass is 478 g/mol. The zero-order chi connectivity index (χ0) is 25.2. The quantitative estimate of drug-likeness (QED) is 0.535. The van der Waals surface area contributed by atoms with E-state index in [2.05, 4.69) is 34.9 Å². The van der Waals surface area contributed by atoms with Crippen LogP contribution in [0.3, 0.4) is 0 Å². The van der Waals surface area contributed by atoms with E-state index in [0.29, 0.717) is 0 Å². The predicted molar refractivity (Wildman–Crippen MR) is 133 cm³/mol. The summed E-state index contributed by atoms with van der Waals surface area (Å²) < 4.78 is 5.65. The van der Waals surface area contributed by atoms with Crippen LogP contribution in [0.15, 0.2) is 48.5 Å². The van der Waals surface area contributed by atoms with Crippen molar-refractivity contribution in [3.05, 3.63) is 59.7 Å². The molecule has 0 aromatic heterocycles. The molecule has 2 aliphatic carbocycles. The van der Waals surface area contributed by atoms with E-state index in [0.717, 1.165) is 41.5 Å². The van der Waals surface area contributed by atoms with Gasteiger partial charge in [0.05, 0.1) is 6.42 Å². The lowest BCUT2D eigenvalue weighted by atomic mass is 9.85. The highest BCUT2D eigenvalue weighted by Gasteiger charge is 2.37. The number of carboxylic acids is 1. The van der Waals surface area contributed by atoms with Crippen LogP contribution in [0, 0.1) is 11.3 Å². The first-order valence-electron chi connectivity index (χ1n) is 12.3. The second-order valence-electron chi connectivity index (χ2n) is 10.7. The molecular weight excluding hydrogens is 444 g/mol. The molecular formula is C28H34N2O5. The molecule has 4 rings (SSSR count). The van der Waals surface area contributed by atoms with Crippen molar-refractivity contribution in [2.75, 3.05) is 6.61 Å². The Balaban J connectivity index is 1.41. The van der Waals surface area contributed by atoms with E-state index in [9.17, 15) is 14.4 Å². The highest BCUT2D eigenvalue weighted by atomic mass is 16.5. The largest absolute Gasteiger partial charge is 0.481 e. The number of carbonyl (C=O) groups is 3. The highest BCUT2D eigenvalue weighted by Crippen LogP contribution is 2.44. The van der Waals surface area contributed by atoms with Gasteiger partial charge in [-0.1, -0.05) is 75.7 Å². The highest BCUT2D eigenvalue weighted by molar-refractivity contribution is 5.87. The zero-order valence-corrected chi connectivity index (χ0v) is 20.5. The molecule has 2 amide bonds. The number of hydrogen-bond donors (Lipinski definition) is 3. The molecule has 1 saturated carbocycles. The van der Waals surface area contributed by atoms with Gasteiger partial charge in [-0.15, -0.1) is 0 Å². The molecule has 2 aromatic carbocycles. The summed E-state index contributed by atoms with van der Waals surface area (Å²) >= 11 is 0. The Morgan fingerprint density at radius 3 is 2.17 bits per heavy atom. The minimum Gasteiger partial charge on any atom is -0.481 e. The number of carboxylic acid groups (broad SMARTS) is 1. The van der Waals surface area contributed by atoms with Crippen LogP contribution in [0.5, 0.6) is 0 Å². The number of amides is 2. The summed E-state index contributed by atoms with van der Waals surface area (Å²) in [5.41, 5.74) is 3.99. The molecule has 7 heteroatoms. The molecule has 35 heavy (non-hydrogen) atoms. The first-order valence-corrected chi connectivity index (χ1v) is 12.3. The van der Waals surface area contributed by atoms with Crippen LogP contribution in [-0.2, 0) is 14.3 Å². The fourth-order valence-corrected chi connectivity index (χ4v) is 5.39. The van der Waals surface area contributed by atoms with Gasteiger partial charge in [0.2, 0.25) is 5.91 Å². The Morgan fingerprint density at radius 2 is 1.60 bits per heavy atom. The van der Waals surface area contributed by atoms with E-state index in [-0.39, 0.29) is 36.8 Å². The number of alkyl carbamates (subject to hydrolysis) is 1. The molecule has 3 N–H and O–H groups in total. The number of hydrogen-bond acceptors (Lipinski definition) is 4. The average molecular weight is 479 g/mol. The Bertz CT molecular complexity index is 1060. The number of ether oxygens (including phenoxy) is 1. The first-order chi connectivity index (χ1) is 16.6. The SMILES string of the molecule is CC(C)(C)C(NC(=O)OCC1c2ccccc2-c2ccccc21)C(=O)N[C@@H]1CCC[C@H]1CC(=O)O. The topological polar surface area (TPSA) is 105 Å². The third-order valence-corrected chi connectivity index (χ3v) is 7.16. The van der Waals surface area contributed by atoms with Crippen LogP contribution >= 0.6 is 0 Å². The van der Waals surface area contributed by atoms with Gasteiger partial charge in [0.15, 0.2) is 0 Å². The molecule has 2 aromatic rings. The van der Waals surface area contributed by atoms with Crippen molar-refractivity contribution in [2.45, 2.75) is 64.5 Å². The summed E-state index contributed by atoms with van der Waals surface area (Å²) in [5, 5.41) is 14.9. The van der Waals surface area contributed by atoms with Crippen molar-refractivity contribution in [3.8, 4) is 11.1 Å². The molecule has 0 heterocycles. The van der Waals surface area contributed by atoms with E-state index >= 15 is 0 Å². The zero-order valence-electron chi connectivity index (χ0n) is 20.5. The summed E-state index contributed by atoms with van der Waals surface area (Å²) in [6, 6.07) is 15.2. The van der Waals surface area contributed by atoms with E-state index in [1.807, 2.05) is 45.0 Å². The number of carbonyl (C=O) groups excluding carboxylic acids is 2. The van der Waals surface area contributed by atoms with Gasteiger partial charge in [0, 0.05) is 12.0 Å². The standard InChI is InChI=1S/C28H34N2O5/c1-28(2,3)25(26(33)29-23-14-8-9-17(23)15-24(31)32)30-27(34)35-16-22-20-12-6-4-10-18(20)19-11-5-7-13-21(19)22/h4-7,10-13,17,22-23,25H,8-9,14-16H2,1-3H3,(H,29,33)(H,30,34)(H,31,32)/t17-,23+,25?/m0/s1. The van der Waals surface area contributed by atoms with E-state index in [1.165, 1.54) is 0 Å². The van der Waals surface area contributed by atoms with E-state index < -0.39 is 23.5 Å². The number of rotatable bonds is 7. The van der Waals surface area contributed by atoms with Crippen LogP contribution in [0.4, 0.5) is 4.79 Å². The third kappa shape index (κ3) is 5.50. The third-order valence-electron chi connectivity index (χ3n) is 7.16. The Labute approximate surface area is 206 Å². The van der Waals surface area contributed by atoms with Crippen molar-refractivity contribution in [2.24, 2.45) is 11.3 Å². The molecule has 0 spiro atoms. The molecule has 0 radical (unpaired) electrons. The van der Waals surface area contributed by atoms with Gasteiger partial charge in [-0.25, -0.2) is 4.79 Å². The number of fused-ring (bicyclic) bond motifs is 3. The molecule has 1 unspecified atom stereocenters. The molecule has 2 aliphatic rings. The number of aliphatic carboxylic acids is 1. The predicted octanol–water partition coefficient (Wildman–Crippen LogP) is 4.70. The van der Waals surface area contributed by atoms with Crippen molar-refractivity contribution in [1.29, 1.82) is 0 Å². The van der Waals surface area contributed by atoms with E-state index in [1.54, 1.807) is 0 Å². The summed E-state index contributed by atoms with van der Waals surface area (Å²) in [4.78, 5) is 37.2. The van der Waals surface area contributed by atoms with Crippen molar-refractivity contribution in [3.63, 3.8) is 0 Å². The van der Waals surface area contributed by atoms with Crippen LogP contribution in [0.25, 0.3) is 11.1 Å². The Hall–Kier alpha value is -3.35. The van der Waals surface area contributed by atoms with Gasteiger partial charge < -0.3 is 20.5 Å². The van der Waals surface area contributed by atoms with Gasteiger partial charge in [-0.3, -0.25) is 9.59 Å². The van der Waals surface area contributed by atoms with Crippen LogP contribution in [0.2, 0.25) is 0 Å². The fraction of sp³-hybridized carbons (Fsp3) is 0.464. The Morgan fingerprint density at radius 1 is 1.00 bits per heavy atom. The maximum Gasteiger partial charge on any atom is 0.407 e. The molecule has 3 atom stereocenters. The summed E-state index contributed by atoms with van der Waals surface area (Å²) in [6.07, 6.45) is 1.78. The van der Waals surface area contributed by atoms with Gasteiger partial charge in [-0.05, 0) is 46.4 Å². The molecule has 7 nitrogen and oxygen atoms in total. The first kappa shape index (κ1) is 24.8. The van der Waals surface area contributed by atoms with Crippen molar-refractivity contribution in [1.82, 2.24) is 10.6 Å². The minimum absolute atomic E-state index is 0.0327. The molecule has 1 fully saturated rings. The van der Waals surface area contributed by atoms with Gasteiger partial charge in [-0.2, -0.15) is 0 Å². The Kier molecular flexibility index (Phi) is 7.15. The lowest BCUT2D eigenvalue weighted by Crippen LogP contribution is -2.56. The molecule has 186 valence electrons. The smallest absolute Gasteiger partial charge is 0.407 e. The van der Waals surface area contributed by atoms with E-state index in [4.69, 9.17) is 9.84 Å². The average Bonchev–Trinajstić information content (AvgIpc) is 3.36. The lowest BCUT2D eigenvalue weighted by Gasteiger charge is -2.32. The second kappa shape index (κ2) is 10.1. The number of nitrogens with one attached hydrogen (secondary N) is 2. The van der Waals surface area contributed by atoms with Gasteiger partial charge in [0.1, 0.15) is 12.6 Å². The molecule has 0 bridgehead atoms. The minimum atomic E-state index is -0.861. The maximum absolute atomic E-state index is 13.2. The lowest BCUT2D eigenvalue weighted by molar-refractivity contribution is -0.138. The molecule has 0 saturated heterocycles. The van der Waals surface area contributed by atoms with Crippen molar-refractivity contribution >= 4 is 18.0 Å². The molecule has 0 aliphatic heterocycles. The fourth-order valence-electron chi connectivity index (χ4n) is 5.39. The number of benzene rings is 2. The van der Waals surface area contributed by atoms with Crippen LogP contribution in [0.1, 0.15) is 63.5 Å². The second-order valence-corrected chi connectivity index (χ2v) is 10.7. The van der Waals surface area contributed by atoms with Gasteiger partial charge >= 0.3 is 12.1 Å². The van der Waals surface area contributed by atoms with Crippen molar-refractivity contribution < 1.29 is 24.2 Å². The maximum atomic E-state index is 13.2. The summed E-state index contributed by atoms with van der Waals surface area (Å²) in [5.74, 6) is -1.33. The summed E-state index contributed by atoms with van der Waals surface area (Å²) in [6.45, 7) is 5.81. The van der Waals surface area contributed by atoms with Gasteiger partial charge in [0.25, 0.3) is 0 Å². The summed E-state index contributed by atoms with van der Waals surface area (Å²) in [7, 11) is 0. The van der Waals surface area contributed by atoms with Crippen LogP contribution < -0.4 is 10.6 Å². The van der Waals surface area contributed by atoms with Crippen LogP contribution in [-0.4, -0.2) is 41.8 Å².